The summed E-state index contributed by atoms with van der Waals surface area (Å²) >= 11 is 3.20. The zero-order valence-corrected chi connectivity index (χ0v) is 11.8. The van der Waals surface area contributed by atoms with Gasteiger partial charge in [0.1, 0.15) is 0 Å². The molecule has 0 saturated heterocycles. The van der Waals surface area contributed by atoms with Gasteiger partial charge >= 0.3 is 5.97 Å². The fraction of sp³-hybridized carbons (Fsp3) is 0.636. The Hall–Kier alpha value is -0.750. The number of ether oxygens (including phenoxy) is 1. The molecule has 0 aliphatic rings. The van der Waals surface area contributed by atoms with Crippen LogP contribution in [0.3, 0.4) is 0 Å². The molecule has 1 N–H and O–H groups in total. The van der Waals surface area contributed by atoms with Crippen molar-refractivity contribution < 1.29 is 9.53 Å². The standard InChI is InChI=1S/C11H18N2O2S2/c1-3-5-12-11-13-6-9(17-11)7-16-8-10(14)15-4-2/h6H,3-5,7-8H2,1-2H3,(H,12,13). The molecule has 4 nitrogen and oxygen atoms in total. The third-order valence-corrected chi connectivity index (χ3v) is 3.94. The summed E-state index contributed by atoms with van der Waals surface area (Å²) in [5, 5.41) is 4.20. The van der Waals surface area contributed by atoms with Crippen LogP contribution in [-0.4, -0.2) is 29.9 Å². The Bertz CT molecular complexity index is 342. The van der Waals surface area contributed by atoms with E-state index < -0.39 is 0 Å². The number of thioether (sulfide) groups is 1. The summed E-state index contributed by atoms with van der Waals surface area (Å²) in [6.45, 7) is 5.34. The molecular weight excluding hydrogens is 256 g/mol. The Kier molecular flexibility index (Phi) is 7.04. The number of aromatic nitrogens is 1. The second kappa shape index (κ2) is 8.36. The average molecular weight is 274 g/mol. The van der Waals surface area contributed by atoms with Crippen LogP contribution in [0.15, 0.2) is 6.20 Å². The highest BCUT2D eigenvalue weighted by atomic mass is 32.2. The molecule has 6 heteroatoms. The molecule has 1 aromatic rings. The molecule has 0 unspecified atom stereocenters. The van der Waals surface area contributed by atoms with E-state index in [9.17, 15) is 4.79 Å². The number of hydrogen-bond acceptors (Lipinski definition) is 6. The summed E-state index contributed by atoms with van der Waals surface area (Å²) in [5.41, 5.74) is 0. The van der Waals surface area contributed by atoms with Crippen molar-refractivity contribution in [2.75, 3.05) is 24.2 Å². The zero-order valence-electron chi connectivity index (χ0n) is 10.2. The van der Waals surface area contributed by atoms with Gasteiger partial charge in [-0.1, -0.05) is 6.92 Å². The van der Waals surface area contributed by atoms with Crippen molar-refractivity contribution >= 4 is 34.2 Å². The minimum absolute atomic E-state index is 0.147. The Morgan fingerprint density at radius 3 is 3.12 bits per heavy atom. The number of nitrogens with zero attached hydrogens (tertiary/aromatic N) is 1. The van der Waals surface area contributed by atoms with E-state index in [-0.39, 0.29) is 5.97 Å². The van der Waals surface area contributed by atoms with Gasteiger partial charge in [-0.2, -0.15) is 0 Å². The van der Waals surface area contributed by atoms with Crippen molar-refractivity contribution in [2.24, 2.45) is 0 Å². The lowest BCUT2D eigenvalue weighted by atomic mass is 10.5. The van der Waals surface area contributed by atoms with Crippen LogP contribution in [0.2, 0.25) is 0 Å². The third-order valence-electron chi connectivity index (χ3n) is 1.85. The van der Waals surface area contributed by atoms with E-state index in [0.29, 0.717) is 12.4 Å². The Morgan fingerprint density at radius 2 is 2.41 bits per heavy atom. The maximum atomic E-state index is 11.1. The predicted molar refractivity (Wildman–Crippen MR) is 73.7 cm³/mol. The zero-order chi connectivity index (χ0) is 12.5. The molecule has 17 heavy (non-hydrogen) atoms. The highest BCUT2D eigenvalue weighted by molar-refractivity contribution is 7.99. The van der Waals surface area contributed by atoms with Crippen LogP contribution in [0.5, 0.6) is 0 Å². The van der Waals surface area contributed by atoms with E-state index >= 15 is 0 Å². The second-order valence-corrected chi connectivity index (χ2v) is 5.46. The predicted octanol–water partition coefficient (Wildman–Crippen LogP) is 2.76. The van der Waals surface area contributed by atoms with Crippen molar-refractivity contribution in [3.63, 3.8) is 0 Å². The molecule has 0 radical (unpaired) electrons. The summed E-state index contributed by atoms with van der Waals surface area (Å²) in [7, 11) is 0. The van der Waals surface area contributed by atoms with E-state index in [4.69, 9.17) is 4.74 Å². The van der Waals surface area contributed by atoms with E-state index in [0.717, 1.165) is 23.8 Å². The quantitative estimate of drug-likeness (QED) is 0.739. The first-order chi connectivity index (χ1) is 8.26. The summed E-state index contributed by atoms with van der Waals surface area (Å²) in [6.07, 6.45) is 2.95. The Balaban J connectivity index is 2.22. The SMILES string of the molecule is CCCNc1ncc(CSCC(=O)OCC)s1. The van der Waals surface area contributed by atoms with Crippen molar-refractivity contribution in [1.29, 1.82) is 0 Å². The lowest BCUT2D eigenvalue weighted by Crippen LogP contribution is -2.06. The molecule has 0 amide bonds. The van der Waals surface area contributed by atoms with Gasteiger partial charge in [-0.15, -0.1) is 23.1 Å². The summed E-state index contributed by atoms with van der Waals surface area (Å²) < 4.78 is 4.85. The number of thiazole rings is 1. The fourth-order valence-corrected chi connectivity index (χ4v) is 2.87. The van der Waals surface area contributed by atoms with E-state index in [1.807, 2.05) is 13.1 Å². The Morgan fingerprint density at radius 1 is 1.59 bits per heavy atom. The van der Waals surface area contributed by atoms with Crippen molar-refractivity contribution in [2.45, 2.75) is 26.0 Å². The first kappa shape index (κ1) is 14.3. The molecule has 0 spiro atoms. The molecule has 0 aromatic carbocycles. The van der Waals surface area contributed by atoms with Gasteiger partial charge in [-0.05, 0) is 13.3 Å². The third kappa shape index (κ3) is 5.93. The monoisotopic (exact) mass is 274 g/mol. The molecule has 1 aromatic heterocycles. The number of carbonyl (C=O) groups excluding carboxylic acids is 1. The number of anilines is 1. The Labute approximate surface area is 110 Å². The fourth-order valence-electron chi connectivity index (χ4n) is 1.13. The van der Waals surface area contributed by atoms with Gasteiger partial charge in [0.15, 0.2) is 5.13 Å². The first-order valence-corrected chi connectivity index (χ1v) is 7.65. The molecule has 96 valence electrons. The van der Waals surface area contributed by atoms with Crippen LogP contribution in [0.4, 0.5) is 5.13 Å². The van der Waals surface area contributed by atoms with Gasteiger partial charge in [0.05, 0.1) is 12.4 Å². The van der Waals surface area contributed by atoms with E-state index in [1.54, 1.807) is 23.1 Å². The van der Waals surface area contributed by atoms with Gasteiger partial charge in [0.2, 0.25) is 0 Å². The molecule has 0 aliphatic heterocycles. The molecular formula is C11H18N2O2S2. The molecule has 0 aliphatic carbocycles. The number of esters is 1. The van der Waals surface area contributed by atoms with Crippen molar-refractivity contribution in [3.8, 4) is 0 Å². The molecule has 1 rings (SSSR count). The van der Waals surface area contributed by atoms with Crippen molar-refractivity contribution in [3.05, 3.63) is 11.1 Å². The summed E-state index contributed by atoms with van der Waals surface area (Å²) in [6, 6.07) is 0. The van der Waals surface area contributed by atoms with Gasteiger partial charge in [-0.25, -0.2) is 4.98 Å². The maximum absolute atomic E-state index is 11.1. The minimum atomic E-state index is -0.147. The highest BCUT2D eigenvalue weighted by Gasteiger charge is 2.04. The maximum Gasteiger partial charge on any atom is 0.315 e. The van der Waals surface area contributed by atoms with Gasteiger partial charge in [0, 0.05) is 23.4 Å². The van der Waals surface area contributed by atoms with Crippen molar-refractivity contribution in [1.82, 2.24) is 4.98 Å². The first-order valence-electron chi connectivity index (χ1n) is 5.68. The van der Waals surface area contributed by atoms with Crippen LogP contribution in [0.1, 0.15) is 25.1 Å². The molecule has 0 fully saturated rings. The number of carbonyl (C=O) groups is 1. The normalized spacial score (nSPS) is 10.2. The molecule has 1 heterocycles. The van der Waals surface area contributed by atoms with E-state index in [1.165, 1.54) is 4.88 Å². The highest BCUT2D eigenvalue weighted by Crippen LogP contribution is 2.22. The number of nitrogens with one attached hydrogen (secondary N) is 1. The lowest BCUT2D eigenvalue weighted by molar-refractivity contribution is -0.139. The largest absolute Gasteiger partial charge is 0.465 e. The molecule has 0 saturated carbocycles. The summed E-state index contributed by atoms with van der Waals surface area (Å²) in [5.74, 6) is 1.07. The average Bonchev–Trinajstić information content (AvgIpc) is 2.75. The van der Waals surface area contributed by atoms with Crippen LogP contribution in [-0.2, 0) is 15.3 Å². The van der Waals surface area contributed by atoms with Gasteiger partial charge < -0.3 is 10.1 Å². The van der Waals surface area contributed by atoms with Crippen LogP contribution < -0.4 is 5.32 Å². The molecule has 0 atom stereocenters. The second-order valence-electron chi connectivity index (χ2n) is 3.36. The lowest BCUT2D eigenvalue weighted by Gasteiger charge is -2.00. The van der Waals surface area contributed by atoms with Gasteiger partial charge in [-0.3, -0.25) is 4.79 Å². The van der Waals surface area contributed by atoms with Crippen LogP contribution in [0.25, 0.3) is 0 Å². The molecule has 0 bridgehead atoms. The van der Waals surface area contributed by atoms with Crippen LogP contribution >= 0.6 is 23.1 Å². The number of hydrogen-bond donors (Lipinski definition) is 1. The smallest absolute Gasteiger partial charge is 0.315 e. The van der Waals surface area contributed by atoms with Gasteiger partial charge in [0.25, 0.3) is 0 Å². The number of rotatable bonds is 8. The topological polar surface area (TPSA) is 51.2 Å². The summed E-state index contributed by atoms with van der Waals surface area (Å²) in [4.78, 5) is 16.6. The van der Waals surface area contributed by atoms with Crippen LogP contribution in [0, 0.1) is 0 Å². The minimum Gasteiger partial charge on any atom is -0.465 e. The van der Waals surface area contributed by atoms with E-state index in [2.05, 4.69) is 17.2 Å².